The summed E-state index contributed by atoms with van der Waals surface area (Å²) in [5, 5.41) is 9.04. The Bertz CT molecular complexity index is 393. The van der Waals surface area contributed by atoms with Gasteiger partial charge in [0.05, 0.1) is 9.70 Å². The Kier molecular flexibility index (Phi) is 3.66. The van der Waals surface area contributed by atoms with Crippen LogP contribution < -0.4 is 0 Å². The van der Waals surface area contributed by atoms with Crippen molar-refractivity contribution < 1.29 is 9.90 Å². The third-order valence-electron chi connectivity index (χ3n) is 3.19. The summed E-state index contributed by atoms with van der Waals surface area (Å²) < 4.78 is 1.13. The van der Waals surface area contributed by atoms with E-state index < -0.39 is 5.97 Å². The third-order valence-corrected chi connectivity index (χ3v) is 4.80. The van der Waals surface area contributed by atoms with E-state index in [9.17, 15) is 4.79 Å². The van der Waals surface area contributed by atoms with Crippen molar-refractivity contribution in [3.63, 3.8) is 0 Å². The van der Waals surface area contributed by atoms with E-state index >= 15 is 0 Å². The van der Waals surface area contributed by atoms with Crippen molar-refractivity contribution in [3.8, 4) is 0 Å². The van der Waals surface area contributed by atoms with Gasteiger partial charge < -0.3 is 5.11 Å². The molecule has 0 aromatic carbocycles. The molecule has 5 heteroatoms. The lowest BCUT2D eigenvalue weighted by Crippen LogP contribution is -2.32. The molecule has 2 rings (SSSR count). The first-order chi connectivity index (χ1) is 7.58. The molecule has 1 saturated heterocycles. The zero-order chi connectivity index (χ0) is 11.7. The monoisotopic (exact) mass is 303 g/mol. The van der Waals surface area contributed by atoms with Crippen LogP contribution in [-0.2, 0) is 11.3 Å². The fraction of sp³-hybridized carbons (Fsp3) is 0.545. The summed E-state index contributed by atoms with van der Waals surface area (Å²) in [4.78, 5) is 14.5. The van der Waals surface area contributed by atoms with Crippen LogP contribution in [0.3, 0.4) is 0 Å². The SMILES string of the molecule is CC1C(C(=O)O)CCN1Cc1ccc(Br)s1. The lowest BCUT2D eigenvalue weighted by atomic mass is 10.0. The molecule has 0 spiro atoms. The minimum atomic E-state index is -0.664. The summed E-state index contributed by atoms with van der Waals surface area (Å²) in [6.07, 6.45) is 0.767. The number of likely N-dealkylation sites (tertiary alicyclic amines) is 1. The standard InChI is InChI=1S/C11H14BrNO2S/c1-7-9(11(14)15)4-5-13(7)6-8-2-3-10(12)16-8/h2-3,7,9H,4-6H2,1H3,(H,14,15). The van der Waals surface area contributed by atoms with Crippen molar-refractivity contribution in [2.24, 2.45) is 5.92 Å². The van der Waals surface area contributed by atoms with Gasteiger partial charge in [-0.15, -0.1) is 11.3 Å². The van der Waals surface area contributed by atoms with Crippen LogP contribution in [-0.4, -0.2) is 28.6 Å². The van der Waals surface area contributed by atoms with E-state index in [4.69, 9.17) is 5.11 Å². The molecule has 1 aliphatic rings. The van der Waals surface area contributed by atoms with Gasteiger partial charge in [-0.25, -0.2) is 0 Å². The van der Waals surface area contributed by atoms with E-state index in [0.29, 0.717) is 0 Å². The number of halogens is 1. The number of thiophene rings is 1. The van der Waals surface area contributed by atoms with Crippen LogP contribution in [0.2, 0.25) is 0 Å². The number of rotatable bonds is 3. The van der Waals surface area contributed by atoms with Crippen LogP contribution in [0.4, 0.5) is 0 Å². The Morgan fingerprint density at radius 1 is 1.69 bits per heavy atom. The molecule has 2 heterocycles. The first-order valence-corrected chi connectivity index (χ1v) is 6.90. The van der Waals surface area contributed by atoms with E-state index in [1.165, 1.54) is 4.88 Å². The second-order valence-electron chi connectivity index (χ2n) is 4.15. The van der Waals surface area contributed by atoms with Gasteiger partial charge in [-0.1, -0.05) is 0 Å². The van der Waals surface area contributed by atoms with E-state index in [1.54, 1.807) is 11.3 Å². The van der Waals surface area contributed by atoms with Gasteiger partial charge in [0.1, 0.15) is 0 Å². The minimum Gasteiger partial charge on any atom is -0.481 e. The lowest BCUT2D eigenvalue weighted by molar-refractivity contribution is -0.142. The highest BCUT2D eigenvalue weighted by Crippen LogP contribution is 2.29. The molecule has 2 unspecified atom stereocenters. The van der Waals surface area contributed by atoms with Crippen LogP contribution in [0.5, 0.6) is 0 Å². The first kappa shape index (κ1) is 12.1. The van der Waals surface area contributed by atoms with Gasteiger partial charge in [0.2, 0.25) is 0 Å². The molecule has 1 aliphatic heterocycles. The van der Waals surface area contributed by atoms with E-state index in [-0.39, 0.29) is 12.0 Å². The maximum atomic E-state index is 11.0. The van der Waals surface area contributed by atoms with Gasteiger partial charge >= 0.3 is 5.97 Å². The Labute approximate surface area is 107 Å². The summed E-state index contributed by atoms with van der Waals surface area (Å²) >= 11 is 5.15. The van der Waals surface area contributed by atoms with Crippen LogP contribution in [0, 0.1) is 5.92 Å². The van der Waals surface area contributed by atoms with Crippen LogP contribution in [0.15, 0.2) is 15.9 Å². The molecular formula is C11H14BrNO2S. The van der Waals surface area contributed by atoms with Crippen molar-refractivity contribution in [2.45, 2.75) is 25.9 Å². The van der Waals surface area contributed by atoms with Crippen molar-refractivity contribution in [1.82, 2.24) is 4.90 Å². The van der Waals surface area contributed by atoms with Crippen molar-refractivity contribution >= 4 is 33.2 Å². The predicted molar refractivity (Wildman–Crippen MR) is 67.6 cm³/mol. The molecule has 16 heavy (non-hydrogen) atoms. The van der Waals surface area contributed by atoms with Crippen molar-refractivity contribution in [2.75, 3.05) is 6.54 Å². The number of carboxylic acid groups (broad SMARTS) is 1. The molecular weight excluding hydrogens is 290 g/mol. The van der Waals surface area contributed by atoms with Gasteiger partial charge in [-0.3, -0.25) is 9.69 Å². The molecule has 0 radical (unpaired) electrons. The maximum absolute atomic E-state index is 11.0. The van der Waals surface area contributed by atoms with E-state index in [0.717, 1.165) is 23.3 Å². The maximum Gasteiger partial charge on any atom is 0.308 e. The molecule has 1 fully saturated rings. The van der Waals surface area contributed by atoms with Crippen molar-refractivity contribution in [3.05, 3.63) is 20.8 Å². The van der Waals surface area contributed by atoms with Crippen LogP contribution in [0.25, 0.3) is 0 Å². The quantitative estimate of drug-likeness (QED) is 0.933. The second-order valence-corrected chi connectivity index (χ2v) is 6.70. The Morgan fingerprint density at radius 3 is 2.94 bits per heavy atom. The smallest absolute Gasteiger partial charge is 0.308 e. The topological polar surface area (TPSA) is 40.5 Å². The molecule has 1 aromatic heterocycles. The summed E-state index contributed by atoms with van der Waals surface area (Å²) in [5.41, 5.74) is 0. The van der Waals surface area contributed by atoms with Gasteiger partial charge in [0.25, 0.3) is 0 Å². The highest BCUT2D eigenvalue weighted by Gasteiger charge is 2.35. The fourth-order valence-electron chi connectivity index (χ4n) is 2.19. The van der Waals surface area contributed by atoms with E-state index in [2.05, 4.69) is 26.9 Å². The van der Waals surface area contributed by atoms with Gasteiger partial charge in [-0.2, -0.15) is 0 Å². The van der Waals surface area contributed by atoms with Gasteiger partial charge in [0, 0.05) is 17.5 Å². The highest BCUT2D eigenvalue weighted by molar-refractivity contribution is 9.11. The molecule has 0 amide bonds. The first-order valence-electron chi connectivity index (χ1n) is 5.29. The summed E-state index contributed by atoms with van der Waals surface area (Å²) in [6, 6.07) is 4.27. The van der Waals surface area contributed by atoms with E-state index in [1.807, 2.05) is 13.0 Å². The molecule has 0 bridgehead atoms. The molecule has 0 aliphatic carbocycles. The molecule has 0 saturated carbocycles. The summed E-state index contributed by atoms with van der Waals surface area (Å²) in [5.74, 6) is -0.870. The molecule has 1 aromatic rings. The van der Waals surface area contributed by atoms with Crippen molar-refractivity contribution in [1.29, 1.82) is 0 Å². The number of hydrogen-bond donors (Lipinski definition) is 1. The predicted octanol–water partition coefficient (Wildman–Crippen LogP) is 2.81. The number of nitrogens with zero attached hydrogens (tertiary/aromatic N) is 1. The van der Waals surface area contributed by atoms with Crippen LogP contribution in [0.1, 0.15) is 18.2 Å². The highest BCUT2D eigenvalue weighted by atomic mass is 79.9. The zero-order valence-electron chi connectivity index (χ0n) is 9.02. The van der Waals surface area contributed by atoms with Gasteiger partial charge in [0.15, 0.2) is 0 Å². The molecule has 3 nitrogen and oxygen atoms in total. The lowest BCUT2D eigenvalue weighted by Gasteiger charge is -2.22. The Morgan fingerprint density at radius 2 is 2.44 bits per heavy atom. The molecule has 88 valence electrons. The average Bonchev–Trinajstić information content (AvgIpc) is 2.76. The Balaban J connectivity index is 2.00. The normalized spacial score (nSPS) is 26.1. The number of carbonyl (C=O) groups is 1. The fourth-order valence-corrected chi connectivity index (χ4v) is 3.70. The Hall–Kier alpha value is -0.390. The van der Waals surface area contributed by atoms with Gasteiger partial charge in [-0.05, 0) is 48.0 Å². The third kappa shape index (κ3) is 2.47. The number of hydrogen-bond acceptors (Lipinski definition) is 3. The van der Waals surface area contributed by atoms with Crippen LogP contribution >= 0.6 is 27.3 Å². The summed E-state index contributed by atoms with van der Waals surface area (Å²) in [7, 11) is 0. The largest absolute Gasteiger partial charge is 0.481 e. The molecule has 2 atom stereocenters. The zero-order valence-corrected chi connectivity index (χ0v) is 11.4. The average molecular weight is 304 g/mol. The molecule has 1 N–H and O–H groups in total. The second kappa shape index (κ2) is 4.85. The number of carboxylic acids is 1. The minimum absolute atomic E-state index is 0.137. The summed E-state index contributed by atoms with van der Waals surface area (Å²) in [6.45, 7) is 3.75. The number of aliphatic carboxylic acids is 1.